The van der Waals surface area contributed by atoms with E-state index < -0.39 is 11.7 Å². The minimum absolute atomic E-state index is 0.00529. The van der Waals surface area contributed by atoms with Crippen LogP contribution in [0.2, 0.25) is 0 Å². The maximum atomic E-state index is 12.1. The van der Waals surface area contributed by atoms with Gasteiger partial charge in [-0.3, -0.25) is 0 Å². The zero-order chi connectivity index (χ0) is 23.6. The van der Waals surface area contributed by atoms with Gasteiger partial charge in [-0.05, 0) is 75.5 Å². The third-order valence-corrected chi connectivity index (χ3v) is 6.99. The minimum Gasteiger partial charge on any atom is -0.444 e. The van der Waals surface area contributed by atoms with Crippen molar-refractivity contribution in [2.24, 2.45) is 5.41 Å². The molecule has 182 valence electrons. The van der Waals surface area contributed by atoms with Crippen molar-refractivity contribution in [1.82, 2.24) is 25.1 Å². The van der Waals surface area contributed by atoms with E-state index in [0.717, 1.165) is 59.4 Å². The fourth-order valence-electron chi connectivity index (χ4n) is 4.31. The van der Waals surface area contributed by atoms with Crippen LogP contribution in [0.25, 0.3) is 11.2 Å². The van der Waals surface area contributed by atoms with Gasteiger partial charge in [-0.15, -0.1) is 0 Å². The molecule has 11 heteroatoms. The number of anilines is 1. The maximum absolute atomic E-state index is 12.1. The number of hydrogen-bond acceptors (Lipinski definition) is 8. The number of hydrogen-bond donors (Lipinski definition) is 2. The van der Waals surface area contributed by atoms with E-state index in [9.17, 15) is 9.90 Å². The van der Waals surface area contributed by atoms with Crippen molar-refractivity contribution in [2.45, 2.75) is 64.7 Å². The quantitative estimate of drug-likeness (QED) is 0.526. The molecule has 0 aliphatic carbocycles. The van der Waals surface area contributed by atoms with Crippen LogP contribution in [0.1, 0.15) is 59.1 Å². The zero-order valence-corrected chi connectivity index (χ0v) is 21.7. The molecule has 2 fully saturated rings. The standard InChI is InChI=1S/C22H33IN6O4/c1-21(2,3)33-20(31)25-13-22(14-30)7-9-28(10-8-22)15-12-24-17-18(23)27-29(19(17)26-15)16-6-4-5-11-32-16/h12,16,30H,4-11,13-14H2,1-3H3,(H,25,31). The van der Waals surface area contributed by atoms with E-state index >= 15 is 0 Å². The van der Waals surface area contributed by atoms with Gasteiger partial charge in [0.05, 0.1) is 12.8 Å². The summed E-state index contributed by atoms with van der Waals surface area (Å²) in [5, 5.41) is 17.6. The van der Waals surface area contributed by atoms with Crippen LogP contribution in [0, 0.1) is 9.12 Å². The summed E-state index contributed by atoms with van der Waals surface area (Å²) in [7, 11) is 0. The van der Waals surface area contributed by atoms with E-state index in [1.54, 1.807) is 6.20 Å². The van der Waals surface area contributed by atoms with Crippen LogP contribution in [-0.4, -0.2) is 69.4 Å². The number of aromatic nitrogens is 4. The third-order valence-electron chi connectivity index (χ3n) is 6.27. The number of rotatable bonds is 5. The predicted molar refractivity (Wildman–Crippen MR) is 132 cm³/mol. The first kappa shape index (κ1) is 24.4. The van der Waals surface area contributed by atoms with Gasteiger partial charge in [0.15, 0.2) is 15.6 Å². The molecule has 4 rings (SSSR count). The highest BCUT2D eigenvalue weighted by Gasteiger charge is 2.36. The maximum Gasteiger partial charge on any atom is 0.407 e. The number of carbonyl (C=O) groups is 1. The molecule has 0 saturated carbocycles. The number of nitrogens with zero attached hydrogens (tertiary/aromatic N) is 5. The number of halogens is 1. The molecule has 1 amide bonds. The van der Waals surface area contributed by atoms with Gasteiger partial charge in [0, 0.05) is 31.7 Å². The molecule has 1 unspecified atom stereocenters. The second-order valence-electron chi connectivity index (χ2n) is 9.96. The molecule has 4 heterocycles. The number of aliphatic hydroxyl groups is 1. The molecule has 2 aromatic heterocycles. The van der Waals surface area contributed by atoms with Crippen molar-refractivity contribution >= 4 is 45.7 Å². The Morgan fingerprint density at radius 1 is 1.36 bits per heavy atom. The molecular formula is C22H33IN6O4. The monoisotopic (exact) mass is 572 g/mol. The highest BCUT2D eigenvalue weighted by atomic mass is 127. The van der Waals surface area contributed by atoms with Gasteiger partial charge >= 0.3 is 6.09 Å². The Balaban J connectivity index is 1.44. The molecule has 0 spiro atoms. The van der Waals surface area contributed by atoms with Crippen LogP contribution in [-0.2, 0) is 9.47 Å². The predicted octanol–water partition coefficient (Wildman–Crippen LogP) is 3.23. The van der Waals surface area contributed by atoms with Gasteiger partial charge < -0.3 is 24.8 Å². The largest absolute Gasteiger partial charge is 0.444 e. The molecule has 0 aromatic carbocycles. The SMILES string of the molecule is CC(C)(C)OC(=O)NCC1(CO)CCN(c2cnc3c(I)nn(C4CCCCO4)c3n2)CC1. The molecule has 1 atom stereocenters. The minimum atomic E-state index is -0.551. The molecule has 10 nitrogen and oxygen atoms in total. The fourth-order valence-corrected chi connectivity index (χ4v) is 4.92. The van der Waals surface area contributed by atoms with E-state index in [1.165, 1.54) is 0 Å². The van der Waals surface area contributed by atoms with Gasteiger partial charge in [-0.25, -0.2) is 19.4 Å². The average molecular weight is 572 g/mol. The zero-order valence-electron chi connectivity index (χ0n) is 19.5. The summed E-state index contributed by atoms with van der Waals surface area (Å²) >= 11 is 2.20. The summed E-state index contributed by atoms with van der Waals surface area (Å²) in [5.74, 6) is 0.794. The topological polar surface area (TPSA) is 115 Å². The lowest BCUT2D eigenvalue weighted by atomic mass is 9.79. The first-order chi connectivity index (χ1) is 15.7. The summed E-state index contributed by atoms with van der Waals surface area (Å²) in [4.78, 5) is 23.8. The molecule has 2 saturated heterocycles. The van der Waals surface area contributed by atoms with E-state index in [2.05, 4.69) is 42.9 Å². The van der Waals surface area contributed by atoms with Crippen molar-refractivity contribution in [3.8, 4) is 0 Å². The molecular weight excluding hydrogens is 539 g/mol. The van der Waals surface area contributed by atoms with Crippen molar-refractivity contribution in [1.29, 1.82) is 0 Å². The Bertz CT molecular complexity index is 977. The highest BCUT2D eigenvalue weighted by molar-refractivity contribution is 14.1. The average Bonchev–Trinajstić information content (AvgIpc) is 3.13. The number of aliphatic hydroxyl groups excluding tert-OH is 1. The first-order valence-corrected chi connectivity index (χ1v) is 12.6. The molecule has 0 bridgehead atoms. The molecule has 2 N–H and O–H groups in total. The van der Waals surface area contributed by atoms with Gasteiger partial charge in [-0.1, -0.05) is 0 Å². The lowest BCUT2D eigenvalue weighted by Gasteiger charge is -2.41. The normalized spacial score (nSPS) is 21.2. The van der Waals surface area contributed by atoms with Gasteiger partial charge in [-0.2, -0.15) is 5.10 Å². The number of amides is 1. The second-order valence-corrected chi connectivity index (χ2v) is 11.0. The number of piperidine rings is 1. The number of alkyl carbamates (subject to hydrolysis) is 1. The number of nitrogens with one attached hydrogen (secondary N) is 1. The Morgan fingerprint density at radius 2 is 2.12 bits per heavy atom. The van der Waals surface area contributed by atoms with Crippen LogP contribution in [0.4, 0.5) is 10.6 Å². The number of ether oxygens (including phenoxy) is 2. The van der Waals surface area contributed by atoms with Gasteiger partial charge in [0.2, 0.25) is 0 Å². The lowest BCUT2D eigenvalue weighted by Crippen LogP contribution is -2.49. The molecule has 0 radical (unpaired) electrons. The Hall–Kier alpha value is -1.73. The van der Waals surface area contributed by atoms with Crippen LogP contribution in [0.3, 0.4) is 0 Å². The summed E-state index contributed by atoms with van der Waals surface area (Å²) < 4.78 is 14.0. The van der Waals surface area contributed by atoms with E-state index in [1.807, 2.05) is 25.5 Å². The van der Waals surface area contributed by atoms with Gasteiger partial charge in [0.25, 0.3) is 0 Å². The first-order valence-electron chi connectivity index (χ1n) is 11.5. The third kappa shape index (κ3) is 5.68. The van der Waals surface area contributed by atoms with Crippen molar-refractivity contribution < 1.29 is 19.4 Å². The second kappa shape index (κ2) is 9.87. The van der Waals surface area contributed by atoms with Crippen LogP contribution >= 0.6 is 22.6 Å². The summed E-state index contributed by atoms with van der Waals surface area (Å²) in [6, 6.07) is 0. The van der Waals surface area contributed by atoms with Crippen LogP contribution in [0.15, 0.2) is 6.20 Å². The lowest BCUT2D eigenvalue weighted by molar-refractivity contribution is -0.0372. The molecule has 2 aliphatic heterocycles. The van der Waals surface area contributed by atoms with E-state index in [0.29, 0.717) is 19.6 Å². The Labute approximate surface area is 207 Å². The Morgan fingerprint density at radius 3 is 2.76 bits per heavy atom. The summed E-state index contributed by atoms with van der Waals surface area (Å²) in [6.45, 7) is 8.03. The van der Waals surface area contributed by atoms with Crippen LogP contribution in [0.5, 0.6) is 0 Å². The highest BCUT2D eigenvalue weighted by Crippen LogP contribution is 2.33. The van der Waals surface area contributed by atoms with E-state index in [-0.39, 0.29) is 18.2 Å². The molecule has 33 heavy (non-hydrogen) atoms. The van der Waals surface area contributed by atoms with Crippen LogP contribution < -0.4 is 10.2 Å². The van der Waals surface area contributed by atoms with Crippen molar-refractivity contribution in [3.05, 3.63) is 9.90 Å². The van der Waals surface area contributed by atoms with Crippen molar-refractivity contribution in [3.63, 3.8) is 0 Å². The molecule has 2 aliphatic rings. The van der Waals surface area contributed by atoms with Gasteiger partial charge in [0.1, 0.15) is 16.9 Å². The molecule has 2 aromatic rings. The smallest absolute Gasteiger partial charge is 0.407 e. The number of fused-ring (bicyclic) bond motifs is 1. The van der Waals surface area contributed by atoms with Crippen molar-refractivity contribution in [2.75, 3.05) is 37.7 Å². The van der Waals surface area contributed by atoms with E-state index in [4.69, 9.17) is 14.5 Å². The fraction of sp³-hybridized carbons (Fsp3) is 0.727. The Kier molecular flexibility index (Phi) is 7.29. The summed E-state index contributed by atoms with van der Waals surface area (Å²) in [6.07, 6.45) is 5.80. The number of carbonyl (C=O) groups excluding carboxylic acids is 1. The summed E-state index contributed by atoms with van der Waals surface area (Å²) in [5.41, 5.74) is 0.605.